The van der Waals surface area contributed by atoms with E-state index in [2.05, 4.69) is 9.80 Å². The van der Waals surface area contributed by atoms with E-state index < -0.39 is 0 Å². The first kappa shape index (κ1) is 18.7. The Morgan fingerprint density at radius 3 is 2.40 bits per heavy atom. The van der Waals surface area contributed by atoms with Crippen molar-refractivity contribution in [3.63, 3.8) is 0 Å². The van der Waals surface area contributed by atoms with Crippen molar-refractivity contribution in [1.82, 2.24) is 4.90 Å². The molecular formula is C21H26N2O2. The lowest BCUT2D eigenvalue weighted by Gasteiger charge is -2.23. The summed E-state index contributed by atoms with van der Waals surface area (Å²) in [5, 5.41) is 0. The molecule has 0 bridgehead atoms. The van der Waals surface area contributed by atoms with Crippen LogP contribution in [0.1, 0.15) is 15.9 Å². The molecule has 0 radical (unpaired) electrons. The van der Waals surface area contributed by atoms with Crippen LogP contribution in [0.5, 0.6) is 5.75 Å². The van der Waals surface area contributed by atoms with Crippen LogP contribution in [0.3, 0.4) is 0 Å². The third-order valence-corrected chi connectivity index (χ3v) is 4.02. The standard InChI is InChI=1S/C21H26N2O2/c1-22(2)15-16-23(3)19-11-7-6-10-18(19)20(24)14-13-17-9-5-8-12-21(17)25-4/h5-14H,15-16H2,1-4H3/b14-13+. The summed E-state index contributed by atoms with van der Waals surface area (Å²) in [7, 11) is 7.73. The third kappa shape index (κ3) is 5.19. The summed E-state index contributed by atoms with van der Waals surface area (Å²) < 4.78 is 5.32. The van der Waals surface area contributed by atoms with Gasteiger partial charge in [0.25, 0.3) is 0 Å². The van der Waals surface area contributed by atoms with Crippen molar-refractivity contribution in [1.29, 1.82) is 0 Å². The second-order valence-corrected chi connectivity index (χ2v) is 6.18. The van der Waals surface area contributed by atoms with E-state index in [9.17, 15) is 4.79 Å². The molecule has 132 valence electrons. The van der Waals surface area contributed by atoms with Gasteiger partial charge in [-0.1, -0.05) is 30.3 Å². The zero-order chi connectivity index (χ0) is 18.2. The van der Waals surface area contributed by atoms with Crippen LogP contribution in [0.15, 0.2) is 54.6 Å². The highest BCUT2D eigenvalue weighted by molar-refractivity contribution is 6.10. The molecule has 2 aromatic rings. The van der Waals surface area contributed by atoms with Crippen LogP contribution < -0.4 is 9.64 Å². The Morgan fingerprint density at radius 1 is 1.00 bits per heavy atom. The number of hydrogen-bond acceptors (Lipinski definition) is 4. The zero-order valence-electron chi connectivity index (χ0n) is 15.4. The van der Waals surface area contributed by atoms with E-state index in [1.165, 1.54) is 0 Å². The molecule has 0 heterocycles. The summed E-state index contributed by atoms with van der Waals surface area (Å²) >= 11 is 0. The lowest BCUT2D eigenvalue weighted by atomic mass is 10.1. The van der Waals surface area contributed by atoms with E-state index in [0.29, 0.717) is 5.56 Å². The molecule has 0 aliphatic rings. The molecule has 4 heteroatoms. The smallest absolute Gasteiger partial charge is 0.187 e. The minimum Gasteiger partial charge on any atom is -0.496 e. The Kier molecular flexibility index (Phi) is 6.78. The van der Waals surface area contributed by atoms with Gasteiger partial charge in [-0.3, -0.25) is 4.79 Å². The van der Waals surface area contributed by atoms with Crippen molar-refractivity contribution in [2.24, 2.45) is 0 Å². The highest BCUT2D eigenvalue weighted by Crippen LogP contribution is 2.22. The first-order chi connectivity index (χ1) is 12.0. The number of carbonyl (C=O) groups excluding carboxylic acids is 1. The molecule has 0 amide bonds. The highest BCUT2D eigenvalue weighted by atomic mass is 16.5. The molecule has 0 saturated heterocycles. The molecule has 0 N–H and O–H groups in total. The Morgan fingerprint density at radius 2 is 1.68 bits per heavy atom. The van der Waals surface area contributed by atoms with E-state index in [1.807, 2.05) is 69.7 Å². The van der Waals surface area contributed by atoms with Gasteiger partial charge in [-0.2, -0.15) is 0 Å². The lowest BCUT2D eigenvalue weighted by molar-refractivity contribution is 0.104. The minimum atomic E-state index is -0.0155. The van der Waals surface area contributed by atoms with E-state index in [0.717, 1.165) is 30.1 Å². The summed E-state index contributed by atoms with van der Waals surface area (Å²) in [6.45, 7) is 1.78. The zero-order valence-corrected chi connectivity index (χ0v) is 15.4. The number of allylic oxidation sites excluding steroid dienone is 1. The number of likely N-dealkylation sites (N-methyl/N-ethyl adjacent to an activating group) is 2. The average molecular weight is 338 g/mol. The van der Waals surface area contributed by atoms with E-state index >= 15 is 0 Å². The molecule has 0 unspecified atom stereocenters. The maximum Gasteiger partial charge on any atom is 0.187 e. The van der Waals surface area contributed by atoms with Crippen molar-refractivity contribution >= 4 is 17.5 Å². The fourth-order valence-corrected chi connectivity index (χ4v) is 2.54. The molecule has 0 fully saturated rings. The molecule has 2 aromatic carbocycles. The molecule has 4 nitrogen and oxygen atoms in total. The molecule has 0 atom stereocenters. The van der Waals surface area contributed by atoms with Gasteiger partial charge >= 0.3 is 0 Å². The number of methoxy groups -OCH3 is 1. The van der Waals surface area contributed by atoms with E-state index in [-0.39, 0.29) is 5.78 Å². The SMILES string of the molecule is COc1ccccc1/C=C/C(=O)c1ccccc1N(C)CCN(C)C. The number of rotatable bonds is 8. The van der Waals surface area contributed by atoms with Crippen LogP contribution in [0.2, 0.25) is 0 Å². The van der Waals surface area contributed by atoms with Crippen molar-refractivity contribution < 1.29 is 9.53 Å². The van der Waals surface area contributed by atoms with Gasteiger partial charge in [-0.05, 0) is 44.4 Å². The molecule has 2 rings (SSSR count). The second kappa shape index (κ2) is 9.04. The largest absolute Gasteiger partial charge is 0.496 e. The quantitative estimate of drug-likeness (QED) is 0.544. The molecule has 0 aliphatic heterocycles. The van der Waals surface area contributed by atoms with Crippen LogP contribution in [0.4, 0.5) is 5.69 Å². The van der Waals surface area contributed by atoms with Gasteiger partial charge in [-0.25, -0.2) is 0 Å². The number of carbonyl (C=O) groups is 1. The Hall–Kier alpha value is -2.59. The number of anilines is 1. The number of para-hydroxylation sites is 2. The first-order valence-corrected chi connectivity index (χ1v) is 8.33. The van der Waals surface area contributed by atoms with Gasteiger partial charge in [0.2, 0.25) is 0 Å². The number of nitrogens with zero attached hydrogens (tertiary/aromatic N) is 2. The predicted molar refractivity (Wildman–Crippen MR) is 105 cm³/mol. The van der Waals surface area contributed by atoms with Gasteiger partial charge in [0.05, 0.1) is 7.11 Å². The summed E-state index contributed by atoms with van der Waals surface area (Å²) in [6, 6.07) is 15.4. The van der Waals surface area contributed by atoms with Crippen LogP contribution in [0, 0.1) is 0 Å². The van der Waals surface area contributed by atoms with Crippen molar-refractivity contribution in [3.8, 4) is 5.75 Å². The topological polar surface area (TPSA) is 32.8 Å². The predicted octanol–water partition coefficient (Wildman–Crippen LogP) is 3.59. The monoisotopic (exact) mass is 338 g/mol. The van der Waals surface area contributed by atoms with Gasteiger partial charge < -0.3 is 14.5 Å². The van der Waals surface area contributed by atoms with E-state index in [4.69, 9.17) is 4.74 Å². The summed E-state index contributed by atoms with van der Waals surface area (Å²) in [5.41, 5.74) is 2.53. The fraction of sp³-hybridized carbons (Fsp3) is 0.286. The normalized spacial score (nSPS) is 11.1. The summed E-state index contributed by atoms with van der Waals surface area (Å²) in [4.78, 5) is 17.0. The Bertz CT molecular complexity index is 738. The number of ether oxygens (including phenoxy) is 1. The number of hydrogen-bond donors (Lipinski definition) is 0. The van der Waals surface area contributed by atoms with Crippen molar-refractivity contribution in [2.45, 2.75) is 0 Å². The molecule has 25 heavy (non-hydrogen) atoms. The molecule has 0 spiro atoms. The molecule has 0 aromatic heterocycles. The van der Waals surface area contributed by atoms with E-state index in [1.54, 1.807) is 19.3 Å². The number of benzene rings is 2. The van der Waals surface area contributed by atoms with Crippen LogP contribution in [-0.2, 0) is 0 Å². The van der Waals surface area contributed by atoms with Crippen molar-refractivity contribution in [3.05, 3.63) is 65.7 Å². The van der Waals surface area contributed by atoms with Gasteiger partial charge in [0, 0.05) is 37.0 Å². The maximum atomic E-state index is 12.7. The fourth-order valence-electron chi connectivity index (χ4n) is 2.54. The molecule has 0 saturated carbocycles. The third-order valence-electron chi connectivity index (χ3n) is 4.02. The van der Waals surface area contributed by atoms with Crippen LogP contribution >= 0.6 is 0 Å². The molecule has 0 aliphatic carbocycles. The Balaban J connectivity index is 2.20. The Labute approximate surface area is 150 Å². The number of ketones is 1. The minimum absolute atomic E-state index is 0.0155. The average Bonchev–Trinajstić information content (AvgIpc) is 2.64. The van der Waals surface area contributed by atoms with Gasteiger partial charge in [0.15, 0.2) is 5.78 Å². The van der Waals surface area contributed by atoms with Gasteiger partial charge in [0.1, 0.15) is 5.75 Å². The van der Waals surface area contributed by atoms with Crippen LogP contribution in [0.25, 0.3) is 6.08 Å². The molecular weight excluding hydrogens is 312 g/mol. The maximum absolute atomic E-state index is 12.7. The second-order valence-electron chi connectivity index (χ2n) is 6.18. The van der Waals surface area contributed by atoms with Gasteiger partial charge in [-0.15, -0.1) is 0 Å². The lowest BCUT2D eigenvalue weighted by Crippen LogP contribution is -2.29. The van der Waals surface area contributed by atoms with Crippen molar-refractivity contribution in [2.75, 3.05) is 46.2 Å². The highest BCUT2D eigenvalue weighted by Gasteiger charge is 2.12. The van der Waals surface area contributed by atoms with Crippen LogP contribution in [-0.4, -0.2) is 52.0 Å². The first-order valence-electron chi connectivity index (χ1n) is 8.33. The summed E-state index contributed by atoms with van der Waals surface area (Å²) in [6.07, 6.45) is 3.41. The summed E-state index contributed by atoms with van der Waals surface area (Å²) in [5.74, 6) is 0.737.